The predicted molar refractivity (Wildman–Crippen MR) is 90.4 cm³/mol. The fourth-order valence-electron chi connectivity index (χ4n) is 3.27. The van der Waals surface area contributed by atoms with Crippen molar-refractivity contribution in [3.63, 3.8) is 0 Å². The number of hydrogen-bond donors (Lipinski definition) is 0. The van der Waals surface area contributed by atoms with Crippen molar-refractivity contribution in [3.05, 3.63) is 66.0 Å². The summed E-state index contributed by atoms with van der Waals surface area (Å²) in [6, 6.07) is 15.2. The third-order valence-corrected chi connectivity index (χ3v) is 4.26. The van der Waals surface area contributed by atoms with E-state index in [1.807, 2.05) is 12.4 Å². The van der Waals surface area contributed by atoms with Gasteiger partial charge in [0.2, 0.25) is 0 Å². The van der Waals surface area contributed by atoms with Gasteiger partial charge in [0.05, 0.1) is 0 Å². The first-order valence-electron chi connectivity index (χ1n) is 8.31. The molecule has 0 bridgehead atoms. The Balaban J connectivity index is 2.34. The van der Waals surface area contributed by atoms with E-state index in [9.17, 15) is 0 Å². The van der Waals surface area contributed by atoms with E-state index in [1.54, 1.807) is 0 Å². The van der Waals surface area contributed by atoms with E-state index >= 15 is 0 Å². The molecule has 112 valence electrons. The van der Waals surface area contributed by atoms with Crippen molar-refractivity contribution in [2.24, 2.45) is 5.92 Å². The van der Waals surface area contributed by atoms with Crippen molar-refractivity contribution in [2.75, 3.05) is 0 Å². The molecule has 0 spiro atoms. The van der Waals surface area contributed by atoms with Gasteiger partial charge in [0.1, 0.15) is 0 Å². The number of hydrogen-bond acceptors (Lipinski definition) is 1. The molecule has 0 amide bonds. The van der Waals surface area contributed by atoms with Crippen LogP contribution in [0, 0.1) is 5.92 Å². The average molecular weight is 281 g/mol. The Bertz CT molecular complexity index is 452. The maximum Gasteiger partial charge on any atom is 0.0306 e. The lowest BCUT2D eigenvalue weighted by atomic mass is 9.77. The fourth-order valence-corrected chi connectivity index (χ4v) is 3.27. The zero-order valence-electron chi connectivity index (χ0n) is 13.3. The van der Waals surface area contributed by atoms with E-state index in [0.717, 1.165) is 0 Å². The summed E-state index contributed by atoms with van der Waals surface area (Å²) in [6.07, 6.45) is 10.3. The van der Waals surface area contributed by atoms with Gasteiger partial charge in [-0.2, -0.15) is 0 Å². The fraction of sp³-hybridized carbons (Fsp3) is 0.450. The summed E-state index contributed by atoms with van der Waals surface area (Å²) in [6.45, 7) is 4.58. The first-order chi connectivity index (χ1) is 10.4. The first kappa shape index (κ1) is 15.8. The van der Waals surface area contributed by atoms with E-state index in [0.29, 0.717) is 11.8 Å². The Hall–Kier alpha value is -1.63. The molecule has 2 atom stereocenters. The predicted octanol–water partition coefficient (Wildman–Crippen LogP) is 5.82. The number of unbranched alkanes of at least 4 members (excludes halogenated alkanes) is 1. The molecule has 2 aromatic rings. The molecule has 1 heterocycles. The highest BCUT2D eigenvalue weighted by Crippen LogP contribution is 2.37. The zero-order chi connectivity index (χ0) is 14.9. The van der Waals surface area contributed by atoms with Gasteiger partial charge in [0.25, 0.3) is 0 Å². The molecule has 0 saturated heterocycles. The van der Waals surface area contributed by atoms with Crippen LogP contribution in [0.5, 0.6) is 0 Å². The molecule has 0 N–H and O–H groups in total. The van der Waals surface area contributed by atoms with Crippen LogP contribution in [0.3, 0.4) is 0 Å². The maximum absolute atomic E-state index is 4.35. The smallest absolute Gasteiger partial charge is 0.0306 e. The van der Waals surface area contributed by atoms with Crippen molar-refractivity contribution in [1.29, 1.82) is 0 Å². The van der Waals surface area contributed by atoms with Crippen LogP contribution >= 0.6 is 0 Å². The molecule has 0 aliphatic heterocycles. The van der Waals surface area contributed by atoms with Crippen molar-refractivity contribution in [1.82, 2.24) is 4.98 Å². The third-order valence-electron chi connectivity index (χ3n) is 4.26. The zero-order valence-corrected chi connectivity index (χ0v) is 13.3. The number of pyridine rings is 1. The molecule has 0 saturated carbocycles. The molecule has 1 heteroatoms. The first-order valence-corrected chi connectivity index (χ1v) is 8.31. The van der Waals surface area contributed by atoms with Crippen LogP contribution < -0.4 is 0 Å². The van der Waals surface area contributed by atoms with Gasteiger partial charge in [0, 0.05) is 18.3 Å². The molecule has 21 heavy (non-hydrogen) atoms. The molecule has 2 unspecified atom stereocenters. The molecule has 0 radical (unpaired) electrons. The van der Waals surface area contributed by atoms with Crippen LogP contribution in [-0.2, 0) is 0 Å². The number of rotatable bonds is 8. The van der Waals surface area contributed by atoms with Crippen LogP contribution in [-0.4, -0.2) is 4.98 Å². The normalized spacial score (nSPS) is 13.8. The second-order valence-corrected chi connectivity index (χ2v) is 5.87. The Morgan fingerprint density at radius 1 is 0.857 bits per heavy atom. The monoisotopic (exact) mass is 281 g/mol. The molecule has 0 aliphatic carbocycles. The van der Waals surface area contributed by atoms with E-state index < -0.39 is 0 Å². The highest BCUT2D eigenvalue weighted by molar-refractivity contribution is 5.31. The van der Waals surface area contributed by atoms with E-state index in [2.05, 4.69) is 61.3 Å². The van der Waals surface area contributed by atoms with Gasteiger partial charge in [0.15, 0.2) is 0 Å². The lowest BCUT2D eigenvalue weighted by Gasteiger charge is -2.28. The molecule has 0 fully saturated rings. The average Bonchev–Trinajstić information content (AvgIpc) is 2.55. The highest BCUT2D eigenvalue weighted by Gasteiger charge is 2.23. The largest absolute Gasteiger partial charge is 0.264 e. The minimum absolute atomic E-state index is 0.478. The van der Waals surface area contributed by atoms with E-state index in [-0.39, 0.29) is 0 Å². The summed E-state index contributed by atoms with van der Waals surface area (Å²) in [5.74, 6) is 1.19. The molecular formula is C20H27N. The van der Waals surface area contributed by atoms with Crippen molar-refractivity contribution in [3.8, 4) is 0 Å². The summed E-state index contributed by atoms with van der Waals surface area (Å²) >= 11 is 0. The van der Waals surface area contributed by atoms with Crippen molar-refractivity contribution < 1.29 is 0 Å². The Kier molecular flexibility index (Phi) is 6.46. The van der Waals surface area contributed by atoms with Crippen molar-refractivity contribution >= 4 is 0 Å². The summed E-state index contributed by atoms with van der Waals surface area (Å²) < 4.78 is 0. The van der Waals surface area contributed by atoms with Crippen LogP contribution in [0.25, 0.3) is 0 Å². The molecule has 0 aliphatic rings. The molecule has 2 rings (SSSR count). The summed E-state index contributed by atoms with van der Waals surface area (Å²) in [4.78, 5) is 4.35. The highest BCUT2D eigenvalue weighted by atomic mass is 14.6. The van der Waals surface area contributed by atoms with Crippen LogP contribution in [0.2, 0.25) is 0 Å². The molecule has 1 nitrogen and oxygen atoms in total. The van der Waals surface area contributed by atoms with Crippen LogP contribution in [0.15, 0.2) is 54.9 Å². The summed E-state index contributed by atoms with van der Waals surface area (Å²) in [5.41, 5.74) is 2.79. The van der Waals surface area contributed by atoms with Crippen LogP contribution in [0.1, 0.15) is 63.0 Å². The lowest BCUT2D eigenvalue weighted by Crippen LogP contribution is -2.15. The van der Waals surface area contributed by atoms with Crippen LogP contribution in [0.4, 0.5) is 0 Å². The van der Waals surface area contributed by atoms with Gasteiger partial charge in [-0.15, -0.1) is 0 Å². The van der Waals surface area contributed by atoms with Gasteiger partial charge in [-0.25, -0.2) is 0 Å². The third kappa shape index (κ3) is 4.42. The quantitative estimate of drug-likeness (QED) is 0.594. The topological polar surface area (TPSA) is 12.9 Å². The number of nitrogens with zero attached hydrogens (tertiary/aromatic N) is 1. The second-order valence-electron chi connectivity index (χ2n) is 5.87. The SMILES string of the molecule is CCCCC(CCC)C(c1ccccc1)c1cccnc1. The summed E-state index contributed by atoms with van der Waals surface area (Å²) in [5, 5.41) is 0. The maximum atomic E-state index is 4.35. The van der Waals surface area contributed by atoms with Crippen molar-refractivity contribution in [2.45, 2.75) is 51.9 Å². The standard InChI is InChI=1S/C20H27N/c1-3-5-11-17(10-4-2)20(18-12-7-6-8-13-18)19-14-9-15-21-16-19/h6-9,12-17,20H,3-5,10-11H2,1-2H3. The van der Waals surface area contributed by atoms with Gasteiger partial charge in [-0.3, -0.25) is 4.98 Å². The minimum Gasteiger partial charge on any atom is -0.264 e. The second kappa shape index (κ2) is 8.61. The molecular weight excluding hydrogens is 254 g/mol. The van der Waals surface area contributed by atoms with Gasteiger partial charge in [-0.1, -0.05) is 69.5 Å². The number of aromatic nitrogens is 1. The number of benzene rings is 1. The van der Waals surface area contributed by atoms with Gasteiger partial charge < -0.3 is 0 Å². The van der Waals surface area contributed by atoms with Gasteiger partial charge >= 0.3 is 0 Å². The molecule has 1 aromatic carbocycles. The minimum atomic E-state index is 0.478. The molecule has 1 aromatic heterocycles. The van der Waals surface area contributed by atoms with E-state index in [4.69, 9.17) is 0 Å². The van der Waals surface area contributed by atoms with Gasteiger partial charge in [-0.05, 0) is 36.0 Å². The lowest BCUT2D eigenvalue weighted by molar-refractivity contribution is 0.387. The Morgan fingerprint density at radius 2 is 1.62 bits per heavy atom. The van der Waals surface area contributed by atoms with E-state index in [1.165, 1.54) is 43.2 Å². The Labute approximate surface area is 129 Å². The Morgan fingerprint density at radius 3 is 2.24 bits per heavy atom. The summed E-state index contributed by atoms with van der Waals surface area (Å²) in [7, 11) is 0.